The normalized spacial score (nSPS) is 19.0. The smallest absolute Gasteiger partial charge is 0.404 e. The first-order valence-electron chi connectivity index (χ1n) is 6.90. The van der Waals surface area contributed by atoms with Gasteiger partial charge in [0.25, 0.3) is 0 Å². The van der Waals surface area contributed by atoms with E-state index in [1.165, 1.54) is 18.2 Å². The molecule has 1 amide bonds. The van der Waals surface area contributed by atoms with Crippen LogP contribution in [0.2, 0.25) is 0 Å². The lowest BCUT2D eigenvalue weighted by Gasteiger charge is -2.16. The number of benzene rings is 1. The number of carbonyl (C=O) groups excluding carboxylic acids is 1. The number of ether oxygens (including phenoxy) is 1. The average molecular weight is 364 g/mol. The molecule has 0 aromatic heterocycles. The van der Waals surface area contributed by atoms with E-state index in [0.29, 0.717) is 0 Å². The number of amides is 1. The van der Waals surface area contributed by atoms with E-state index >= 15 is 0 Å². The van der Waals surface area contributed by atoms with Crippen LogP contribution in [0.1, 0.15) is 6.42 Å². The molecule has 1 aliphatic rings. The van der Waals surface area contributed by atoms with Crippen LogP contribution in [-0.2, 0) is 14.8 Å². The van der Waals surface area contributed by atoms with Gasteiger partial charge in [0.2, 0.25) is 15.9 Å². The van der Waals surface area contributed by atoms with Gasteiger partial charge < -0.3 is 10.1 Å². The van der Waals surface area contributed by atoms with E-state index in [2.05, 4.69) is 16.6 Å². The minimum absolute atomic E-state index is 0.0531. The monoisotopic (exact) mass is 364 g/mol. The third-order valence-electron chi connectivity index (χ3n) is 3.46. The van der Waals surface area contributed by atoms with E-state index in [9.17, 15) is 26.4 Å². The molecule has 1 aromatic carbocycles. The van der Waals surface area contributed by atoms with Crippen LogP contribution in [0.3, 0.4) is 0 Å². The van der Waals surface area contributed by atoms with Gasteiger partial charge in [0.1, 0.15) is 0 Å². The van der Waals surface area contributed by atoms with Crippen molar-refractivity contribution < 1.29 is 31.1 Å². The lowest BCUT2D eigenvalue weighted by Crippen LogP contribution is -2.30. The molecular formula is C14H15F3N2O4S. The van der Waals surface area contributed by atoms with Gasteiger partial charge >= 0.3 is 6.36 Å². The van der Waals surface area contributed by atoms with Gasteiger partial charge in [-0.05, 0) is 18.6 Å². The molecule has 2 rings (SSSR count). The molecule has 0 saturated carbocycles. The number of nitrogens with one attached hydrogen (secondary N) is 1. The first-order chi connectivity index (χ1) is 11.1. The van der Waals surface area contributed by atoms with E-state index in [1.807, 2.05) is 0 Å². The zero-order chi connectivity index (χ0) is 18.0. The average Bonchev–Trinajstić information content (AvgIpc) is 2.98. The highest BCUT2D eigenvalue weighted by atomic mass is 32.2. The lowest BCUT2D eigenvalue weighted by molar-refractivity contribution is -0.274. The summed E-state index contributed by atoms with van der Waals surface area (Å²) in [6.07, 6.45) is -4.62. The summed E-state index contributed by atoms with van der Waals surface area (Å²) in [5, 5.41) is 3.15. The number of carbonyl (C=O) groups is 1. The van der Waals surface area contributed by atoms with Gasteiger partial charge in [0.15, 0.2) is 5.75 Å². The van der Waals surface area contributed by atoms with E-state index in [1.54, 1.807) is 0 Å². The Kier molecular flexibility index (Phi) is 5.19. The maximum Gasteiger partial charge on any atom is 0.573 e. The largest absolute Gasteiger partial charge is 0.573 e. The first-order valence-corrected chi connectivity index (χ1v) is 8.41. The van der Waals surface area contributed by atoms with Gasteiger partial charge in [-0.2, -0.15) is 4.31 Å². The van der Waals surface area contributed by atoms with Gasteiger partial charge in [-0.3, -0.25) is 4.79 Å². The predicted molar refractivity (Wildman–Crippen MR) is 80.6 cm³/mol. The summed E-state index contributed by atoms with van der Waals surface area (Å²) in [5.41, 5.74) is -0.134. The van der Waals surface area contributed by atoms with Crippen LogP contribution in [-0.4, -0.2) is 38.1 Å². The second-order valence-electron chi connectivity index (χ2n) is 5.09. The van der Waals surface area contributed by atoms with Gasteiger partial charge in [-0.15, -0.1) is 13.2 Å². The van der Waals surface area contributed by atoms with Crippen molar-refractivity contribution >= 4 is 21.6 Å². The fraction of sp³-hybridized carbons (Fsp3) is 0.357. The molecule has 0 spiro atoms. The molecule has 132 valence electrons. The number of para-hydroxylation sites is 2. The van der Waals surface area contributed by atoms with Crippen LogP contribution in [0.25, 0.3) is 0 Å². The summed E-state index contributed by atoms with van der Waals surface area (Å²) in [6.45, 7) is 3.30. The van der Waals surface area contributed by atoms with Gasteiger partial charge in [0.05, 0.1) is 11.6 Å². The number of hydrogen-bond acceptors (Lipinski definition) is 4. The Morgan fingerprint density at radius 2 is 2.04 bits per heavy atom. The van der Waals surface area contributed by atoms with Crippen molar-refractivity contribution in [3.63, 3.8) is 0 Å². The predicted octanol–water partition coefficient (Wildman–Crippen LogP) is 2.32. The first kappa shape index (κ1) is 18.3. The van der Waals surface area contributed by atoms with Crippen LogP contribution in [0.5, 0.6) is 5.75 Å². The van der Waals surface area contributed by atoms with Crippen LogP contribution >= 0.6 is 0 Å². The highest BCUT2D eigenvalue weighted by Gasteiger charge is 2.35. The number of anilines is 1. The van der Waals surface area contributed by atoms with Crippen molar-refractivity contribution in [3.05, 3.63) is 36.3 Å². The van der Waals surface area contributed by atoms with E-state index in [4.69, 9.17) is 0 Å². The van der Waals surface area contributed by atoms with Gasteiger partial charge in [-0.25, -0.2) is 8.42 Å². The molecule has 1 N–H and O–H groups in total. The van der Waals surface area contributed by atoms with Crippen LogP contribution < -0.4 is 10.1 Å². The summed E-state index contributed by atoms with van der Waals surface area (Å²) >= 11 is 0. The van der Waals surface area contributed by atoms with Gasteiger partial charge in [-0.1, -0.05) is 18.7 Å². The third kappa shape index (κ3) is 4.48. The molecule has 1 fully saturated rings. The lowest BCUT2D eigenvalue weighted by atomic mass is 10.1. The highest BCUT2D eigenvalue weighted by molar-refractivity contribution is 7.92. The minimum Gasteiger partial charge on any atom is -0.404 e. The summed E-state index contributed by atoms with van der Waals surface area (Å²) in [6, 6.07) is 5.13. The Balaban J connectivity index is 2.08. The molecule has 0 aliphatic carbocycles. The summed E-state index contributed by atoms with van der Waals surface area (Å²) in [5.74, 6) is -1.78. The van der Waals surface area contributed by atoms with Crippen molar-refractivity contribution in [2.24, 2.45) is 5.92 Å². The molecule has 1 aliphatic heterocycles. The maximum absolute atomic E-state index is 12.4. The number of hydrogen-bond donors (Lipinski definition) is 1. The number of rotatable bonds is 5. The van der Waals surface area contributed by atoms with Crippen LogP contribution in [0.4, 0.5) is 18.9 Å². The fourth-order valence-electron chi connectivity index (χ4n) is 2.30. The van der Waals surface area contributed by atoms with Gasteiger partial charge in [0, 0.05) is 18.5 Å². The second kappa shape index (κ2) is 6.81. The van der Waals surface area contributed by atoms with Crippen molar-refractivity contribution in [2.45, 2.75) is 12.8 Å². The molecular weight excluding hydrogens is 349 g/mol. The Labute approximate surface area is 136 Å². The summed E-state index contributed by atoms with van der Waals surface area (Å²) < 4.78 is 65.4. The van der Waals surface area contributed by atoms with E-state index in [-0.39, 0.29) is 25.2 Å². The molecule has 1 aromatic rings. The molecule has 1 atom stereocenters. The van der Waals surface area contributed by atoms with E-state index < -0.39 is 34.0 Å². The van der Waals surface area contributed by atoms with Crippen LogP contribution in [0, 0.1) is 5.92 Å². The fourth-order valence-corrected chi connectivity index (χ4v) is 3.26. The second-order valence-corrected chi connectivity index (χ2v) is 6.97. The number of nitrogens with zero attached hydrogens (tertiary/aromatic N) is 1. The third-order valence-corrected chi connectivity index (χ3v) is 4.94. The molecule has 0 unspecified atom stereocenters. The Bertz CT molecular complexity index is 734. The molecule has 0 radical (unpaired) electrons. The zero-order valence-corrected chi connectivity index (χ0v) is 13.2. The van der Waals surface area contributed by atoms with Crippen molar-refractivity contribution in [2.75, 3.05) is 18.4 Å². The van der Waals surface area contributed by atoms with E-state index in [0.717, 1.165) is 15.8 Å². The zero-order valence-electron chi connectivity index (χ0n) is 12.4. The van der Waals surface area contributed by atoms with Crippen molar-refractivity contribution in [3.8, 4) is 5.75 Å². The standard InChI is InChI=1S/C14H15F3N2O4S/c1-2-24(21,22)19-8-7-10(9-19)13(20)18-11-5-3-4-6-12(11)23-14(15,16)17/h2-6,10H,1,7-9H2,(H,18,20)/t10-/m1/s1. The van der Waals surface area contributed by atoms with Crippen molar-refractivity contribution in [1.82, 2.24) is 4.31 Å². The number of halogens is 3. The Morgan fingerprint density at radius 3 is 2.67 bits per heavy atom. The quantitative estimate of drug-likeness (QED) is 0.870. The molecule has 24 heavy (non-hydrogen) atoms. The minimum atomic E-state index is -4.89. The number of sulfonamides is 1. The SMILES string of the molecule is C=CS(=O)(=O)N1CC[C@@H](C(=O)Nc2ccccc2OC(F)(F)F)C1. The van der Waals surface area contributed by atoms with Crippen molar-refractivity contribution in [1.29, 1.82) is 0 Å². The van der Waals surface area contributed by atoms with Crippen LogP contribution in [0.15, 0.2) is 36.3 Å². The molecule has 0 bridgehead atoms. The summed E-state index contributed by atoms with van der Waals surface area (Å²) in [7, 11) is -3.63. The topological polar surface area (TPSA) is 75.7 Å². The summed E-state index contributed by atoms with van der Waals surface area (Å²) in [4.78, 5) is 12.2. The molecule has 6 nitrogen and oxygen atoms in total. The molecule has 10 heteroatoms. The highest BCUT2D eigenvalue weighted by Crippen LogP contribution is 2.31. The maximum atomic E-state index is 12.4. The Morgan fingerprint density at radius 1 is 1.38 bits per heavy atom. The Hall–Kier alpha value is -2.07. The number of alkyl halides is 3. The molecule has 1 heterocycles. The molecule has 1 saturated heterocycles.